The van der Waals surface area contributed by atoms with Gasteiger partial charge in [0.2, 0.25) is 0 Å². The predicted octanol–water partition coefficient (Wildman–Crippen LogP) is 1.79. The molecule has 0 aromatic carbocycles. The number of carboxylic acids is 1. The van der Waals surface area contributed by atoms with Crippen LogP contribution in [0.25, 0.3) is 0 Å². The maximum atomic E-state index is 12.1. The maximum Gasteiger partial charge on any atom is 0.317 e. The number of piperidine rings is 1. The average Bonchev–Trinajstić information content (AvgIpc) is 2.46. The Labute approximate surface area is 124 Å². The zero-order valence-corrected chi connectivity index (χ0v) is 12.4. The van der Waals surface area contributed by atoms with Gasteiger partial charge in [0.1, 0.15) is 0 Å². The van der Waals surface area contributed by atoms with Gasteiger partial charge in [-0.3, -0.25) is 9.78 Å². The van der Waals surface area contributed by atoms with Crippen LogP contribution in [0.3, 0.4) is 0 Å². The molecule has 1 fully saturated rings. The Morgan fingerprint density at radius 2 is 2.10 bits per heavy atom. The molecule has 0 unspecified atom stereocenters. The van der Waals surface area contributed by atoms with Gasteiger partial charge in [0.15, 0.2) is 0 Å². The average molecular weight is 291 g/mol. The molecule has 6 heteroatoms. The van der Waals surface area contributed by atoms with Crippen molar-refractivity contribution in [1.82, 2.24) is 15.2 Å². The van der Waals surface area contributed by atoms with Gasteiger partial charge in [-0.15, -0.1) is 0 Å². The molecule has 1 aromatic heterocycles. The summed E-state index contributed by atoms with van der Waals surface area (Å²) in [4.78, 5) is 29.0. The predicted molar refractivity (Wildman–Crippen MR) is 77.8 cm³/mol. The van der Waals surface area contributed by atoms with Crippen LogP contribution in [0, 0.1) is 12.3 Å². The van der Waals surface area contributed by atoms with Gasteiger partial charge in [-0.2, -0.15) is 0 Å². The number of carboxylic acid groups (broad SMARTS) is 1. The third-order valence-corrected chi connectivity index (χ3v) is 4.24. The van der Waals surface area contributed by atoms with Gasteiger partial charge in [0.05, 0.1) is 5.41 Å². The Morgan fingerprint density at radius 3 is 2.67 bits per heavy atom. The molecule has 6 nitrogen and oxygen atoms in total. The summed E-state index contributed by atoms with van der Waals surface area (Å²) in [5, 5.41) is 12.1. The zero-order chi connectivity index (χ0) is 15.5. The van der Waals surface area contributed by atoms with Gasteiger partial charge in [-0.25, -0.2) is 4.79 Å². The lowest BCUT2D eigenvalue weighted by Gasteiger charge is -2.36. The fourth-order valence-electron chi connectivity index (χ4n) is 2.40. The van der Waals surface area contributed by atoms with Gasteiger partial charge >= 0.3 is 12.0 Å². The first kappa shape index (κ1) is 15.3. The Balaban J connectivity index is 1.86. The summed E-state index contributed by atoms with van der Waals surface area (Å²) >= 11 is 0. The molecule has 2 heterocycles. The number of nitrogens with one attached hydrogen (secondary N) is 1. The van der Waals surface area contributed by atoms with E-state index in [-0.39, 0.29) is 6.03 Å². The largest absolute Gasteiger partial charge is 0.481 e. The molecule has 0 saturated carbocycles. The monoisotopic (exact) mass is 291 g/mol. The molecular formula is C15H21N3O3. The number of urea groups is 1. The number of likely N-dealkylation sites (tertiary alicyclic amines) is 1. The van der Waals surface area contributed by atoms with Crippen molar-refractivity contribution in [3.63, 3.8) is 0 Å². The third kappa shape index (κ3) is 3.51. The van der Waals surface area contributed by atoms with Crippen LogP contribution in [0.15, 0.2) is 18.5 Å². The molecular weight excluding hydrogens is 270 g/mol. The van der Waals surface area contributed by atoms with Gasteiger partial charge in [-0.05, 0) is 43.9 Å². The van der Waals surface area contributed by atoms with E-state index < -0.39 is 11.4 Å². The Hall–Kier alpha value is -2.11. The number of hydrogen-bond donors (Lipinski definition) is 2. The topological polar surface area (TPSA) is 82.5 Å². The summed E-state index contributed by atoms with van der Waals surface area (Å²) in [6.07, 6.45) is 4.45. The highest BCUT2D eigenvalue weighted by molar-refractivity contribution is 5.77. The van der Waals surface area contributed by atoms with E-state index in [2.05, 4.69) is 10.3 Å². The molecule has 0 aliphatic carbocycles. The second-order valence-corrected chi connectivity index (χ2v) is 5.81. The molecule has 114 valence electrons. The minimum atomic E-state index is -0.782. The van der Waals surface area contributed by atoms with Crippen LogP contribution < -0.4 is 5.32 Å². The number of nitrogens with zero attached hydrogens (tertiary/aromatic N) is 2. The lowest BCUT2D eigenvalue weighted by molar-refractivity contribution is -0.150. The molecule has 0 bridgehead atoms. The molecule has 1 aliphatic rings. The molecule has 0 spiro atoms. The summed E-state index contributed by atoms with van der Waals surface area (Å²) in [6.45, 7) is 5.10. The van der Waals surface area contributed by atoms with Crippen molar-refractivity contribution in [2.24, 2.45) is 5.41 Å². The molecule has 2 rings (SSSR count). The number of aromatic nitrogens is 1. The number of carbonyl (C=O) groups is 2. The van der Waals surface area contributed by atoms with Crippen molar-refractivity contribution < 1.29 is 14.7 Å². The van der Waals surface area contributed by atoms with Crippen LogP contribution in [0.4, 0.5) is 4.79 Å². The highest BCUT2D eigenvalue weighted by atomic mass is 16.4. The van der Waals surface area contributed by atoms with Crippen molar-refractivity contribution in [2.75, 3.05) is 13.1 Å². The van der Waals surface area contributed by atoms with Crippen molar-refractivity contribution in [3.8, 4) is 0 Å². The lowest BCUT2D eigenvalue weighted by atomic mass is 9.80. The number of aliphatic carboxylic acids is 1. The molecule has 0 radical (unpaired) electrons. The fraction of sp³-hybridized carbons (Fsp3) is 0.533. The van der Waals surface area contributed by atoms with Crippen LogP contribution in [-0.4, -0.2) is 40.1 Å². The van der Waals surface area contributed by atoms with Crippen molar-refractivity contribution in [2.45, 2.75) is 33.2 Å². The van der Waals surface area contributed by atoms with E-state index in [0.717, 1.165) is 11.1 Å². The molecule has 2 N–H and O–H groups in total. The van der Waals surface area contributed by atoms with Crippen LogP contribution >= 0.6 is 0 Å². The quantitative estimate of drug-likeness (QED) is 0.889. The van der Waals surface area contributed by atoms with Crippen LogP contribution in [0.5, 0.6) is 0 Å². The van der Waals surface area contributed by atoms with Crippen LogP contribution in [0.2, 0.25) is 0 Å². The normalized spacial score (nSPS) is 17.3. The first-order valence-corrected chi connectivity index (χ1v) is 7.08. The Kier molecular flexibility index (Phi) is 4.45. The highest BCUT2D eigenvalue weighted by Gasteiger charge is 2.37. The van der Waals surface area contributed by atoms with Crippen LogP contribution in [0.1, 0.15) is 30.9 Å². The number of rotatable bonds is 3. The third-order valence-electron chi connectivity index (χ3n) is 4.24. The highest BCUT2D eigenvalue weighted by Crippen LogP contribution is 2.30. The van der Waals surface area contributed by atoms with Crippen molar-refractivity contribution in [3.05, 3.63) is 29.6 Å². The number of pyridine rings is 1. The van der Waals surface area contributed by atoms with E-state index >= 15 is 0 Å². The number of carbonyl (C=O) groups excluding carboxylic acids is 1. The van der Waals surface area contributed by atoms with E-state index in [1.807, 2.05) is 13.0 Å². The van der Waals surface area contributed by atoms with E-state index in [1.165, 1.54) is 0 Å². The van der Waals surface area contributed by atoms with E-state index in [4.69, 9.17) is 0 Å². The second kappa shape index (κ2) is 6.11. The molecule has 1 aromatic rings. The van der Waals surface area contributed by atoms with Gasteiger partial charge in [-0.1, -0.05) is 0 Å². The van der Waals surface area contributed by atoms with Gasteiger partial charge in [0, 0.05) is 32.0 Å². The lowest BCUT2D eigenvalue weighted by Crippen LogP contribution is -2.48. The minimum absolute atomic E-state index is 0.140. The zero-order valence-electron chi connectivity index (χ0n) is 12.4. The summed E-state index contributed by atoms with van der Waals surface area (Å²) in [6, 6.07) is 1.74. The molecule has 2 amide bonds. The molecule has 1 aliphatic heterocycles. The van der Waals surface area contributed by atoms with Gasteiger partial charge < -0.3 is 15.3 Å². The Bertz CT molecular complexity index is 537. The summed E-state index contributed by atoms with van der Waals surface area (Å²) < 4.78 is 0. The van der Waals surface area contributed by atoms with E-state index in [9.17, 15) is 14.7 Å². The fourth-order valence-corrected chi connectivity index (χ4v) is 2.40. The number of amides is 2. The Morgan fingerprint density at radius 1 is 1.43 bits per heavy atom. The molecule has 21 heavy (non-hydrogen) atoms. The smallest absolute Gasteiger partial charge is 0.317 e. The number of hydrogen-bond acceptors (Lipinski definition) is 3. The first-order chi connectivity index (χ1) is 9.92. The summed E-state index contributed by atoms with van der Waals surface area (Å²) in [7, 11) is 0. The van der Waals surface area contributed by atoms with Gasteiger partial charge in [0.25, 0.3) is 0 Å². The number of aryl methyl sites for hydroxylation is 1. The van der Waals surface area contributed by atoms with Crippen molar-refractivity contribution in [1.29, 1.82) is 0 Å². The van der Waals surface area contributed by atoms with E-state index in [1.54, 1.807) is 24.2 Å². The molecule has 0 atom stereocenters. The summed E-state index contributed by atoms with van der Waals surface area (Å²) in [5.74, 6) is -0.782. The second-order valence-electron chi connectivity index (χ2n) is 5.81. The SMILES string of the molecule is Cc1cnccc1CNC(=O)N1CCC(C)(C(=O)O)CC1. The van der Waals surface area contributed by atoms with Crippen molar-refractivity contribution >= 4 is 12.0 Å². The van der Waals surface area contributed by atoms with Crippen LogP contribution in [-0.2, 0) is 11.3 Å². The molecule has 1 saturated heterocycles. The maximum absolute atomic E-state index is 12.1. The van der Waals surface area contributed by atoms with E-state index in [0.29, 0.717) is 32.5 Å². The minimum Gasteiger partial charge on any atom is -0.481 e. The summed E-state index contributed by atoms with van der Waals surface area (Å²) in [5.41, 5.74) is 1.36. The standard InChI is InChI=1S/C15H21N3O3/c1-11-9-16-6-3-12(11)10-17-14(21)18-7-4-15(2,5-8-18)13(19)20/h3,6,9H,4-5,7-8,10H2,1-2H3,(H,17,21)(H,19,20). The first-order valence-electron chi connectivity index (χ1n) is 7.08.